The van der Waals surface area contributed by atoms with Crippen molar-refractivity contribution in [1.82, 2.24) is 4.90 Å². The highest BCUT2D eigenvalue weighted by Gasteiger charge is 2.40. The van der Waals surface area contributed by atoms with Crippen LogP contribution in [-0.2, 0) is 16.1 Å². The van der Waals surface area contributed by atoms with Crippen LogP contribution in [0.1, 0.15) is 18.4 Å². The van der Waals surface area contributed by atoms with E-state index in [0.29, 0.717) is 19.4 Å². The zero-order chi connectivity index (χ0) is 14.6. The molecule has 1 atom stereocenters. The fourth-order valence-corrected chi connectivity index (χ4v) is 2.23. The molecule has 0 aliphatic carbocycles. The van der Waals surface area contributed by atoms with Gasteiger partial charge in [0, 0.05) is 6.54 Å². The Bertz CT molecular complexity index is 491. The van der Waals surface area contributed by atoms with Crippen LogP contribution in [0.2, 0.25) is 0 Å². The molecular formula is C14H18N2O4. The molecule has 0 radical (unpaired) electrons. The summed E-state index contributed by atoms with van der Waals surface area (Å²) < 4.78 is 5.18. The van der Waals surface area contributed by atoms with E-state index in [1.54, 1.807) is 0 Å². The smallest absolute Gasteiger partial charge is 0.410 e. The molecule has 1 fully saturated rings. The van der Waals surface area contributed by atoms with Gasteiger partial charge in [-0.15, -0.1) is 0 Å². The number of carbonyl (C=O) groups excluding carboxylic acids is 1. The molecule has 1 heterocycles. The fourth-order valence-electron chi connectivity index (χ4n) is 2.23. The molecule has 1 aromatic carbocycles. The van der Waals surface area contributed by atoms with Crippen molar-refractivity contribution in [2.75, 3.05) is 13.1 Å². The lowest BCUT2D eigenvalue weighted by molar-refractivity contribution is -0.145. The number of carboxylic acid groups (broad SMARTS) is 1. The van der Waals surface area contributed by atoms with Crippen molar-refractivity contribution in [2.24, 2.45) is 5.73 Å². The standard InChI is InChI=1S/C14H18N2O4/c15-14(12(17)18)7-4-8-16(10-14)13(19)20-9-11-5-2-1-3-6-11/h1-3,5-6H,4,7-10,15H2,(H,17,18)/t14-/m1/s1. The van der Waals surface area contributed by atoms with Crippen LogP contribution in [0.3, 0.4) is 0 Å². The van der Waals surface area contributed by atoms with Gasteiger partial charge in [0.25, 0.3) is 0 Å². The third-order valence-corrected chi connectivity index (χ3v) is 3.41. The first-order valence-corrected chi connectivity index (χ1v) is 6.49. The number of nitrogens with zero attached hydrogens (tertiary/aromatic N) is 1. The molecule has 0 aromatic heterocycles. The summed E-state index contributed by atoms with van der Waals surface area (Å²) in [5.41, 5.74) is 5.30. The third kappa shape index (κ3) is 3.27. The number of hydrogen-bond donors (Lipinski definition) is 2. The van der Waals surface area contributed by atoms with E-state index >= 15 is 0 Å². The topological polar surface area (TPSA) is 92.9 Å². The number of benzene rings is 1. The Hall–Kier alpha value is -2.08. The van der Waals surface area contributed by atoms with E-state index < -0.39 is 17.6 Å². The van der Waals surface area contributed by atoms with Crippen LogP contribution in [0.4, 0.5) is 4.79 Å². The molecule has 20 heavy (non-hydrogen) atoms. The maximum absolute atomic E-state index is 11.9. The Kier molecular flexibility index (Phi) is 4.24. The molecular weight excluding hydrogens is 260 g/mol. The predicted molar refractivity (Wildman–Crippen MR) is 72.0 cm³/mol. The zero-order valence-electron chi connectivity index (χ0n) is 11.1. The summed E-state index contributed by atoms with van der Waals surface area (Å²) in [6, 6.07) is 9.31. The summed E-state index contributed by atoms with van der Waals surface area (Å²) >= 11 is 0. The summed E-state index contributed by atoms with van der Waals surface area (Å²) in [4.78, 5) is 24.4. The molecule has 3 N–H and O–H groups in total. The summed E-state index contributed by atoms with van der Waals surface area (Å²) in [7, 11) is 0. The molecule has 6 nitrogen and oxygen atoms in total. The Morgan fingerprint density at radius 3 is 2.70 bits per heavy atom. The fraction of sp³-hybridized carbons (Fsp3) is 0.429. The lowest BCUT2D eigenvalue weighted by atomic mass is 9.90. The van der Waals surface area contributed by atoms with Crippen LogP contribution in [-0.4, -0.2) is 40.7 Å². The van der Waals surface area contributed by atoms with Crippen molar-refractivity contribution in [3.05, 3.63) is 35.9 Å². The monoisotopic (exact) mass is 278 g/mol. The van der Waals surface area contributed by atoms with Crippen LogP contribution in [0, 0.1) is 0 Å². The first kappa shape index (κ1) is 14.3. The molecule has 1 saturated heterocycles. The summed E-state index contributed by atoms with van der Waals surface area (Å²) in [5, 5.41) is 9.10. The second-order valence-electron chi connectivity index (χ2n) is 5.03. The third-order valence-electron chi connectivity index (χ3n) is 3.41. The van der Waals surface area contributed by atoms with Crippen LogP contribution >= 0.6 is 0 Å². The first-order chi connectivity index (χ1) is 9.51. The average molecular weight is 278 g/mol. The second-order valence-corrected chi connectivity index (χ2v) is 5.03. The number of ether oxygens (including phenoxy) is 1. The number of nitrogens with two attached hydrogens (primary N) is 1. The molecule has 6 heteroatoms. The quantitative estimate of drug-likeness (QED) is 0.866. The highest BCUT2D eigenvalue weighted by Crippen LogP contribution is 2.20. The van der Waals surface area contributed by atoms with Gasteiger partial charge < -0.3 is 20.5 Å². The summed E-state index contributed by atoms with van der Waals surface area (Å²) in [5.74, 6) is -1.09. The van der Waals surface area contributed by atoms with E-state index in [4.69, 9.17) is 15.6 Å². The molecule has 1 aliphatic heterocycles. The molecule has 0 bridgehead atoms. The van der Waals surface area contributed by atoms with Crippen molar-refractivity contribution >= 4 is 12.1 Å². The van der Waals surface area contributed by atoms with Gasteiger partial charge in [-0.1, -0.05) is 30.3 Å². The van der Waals surface area contributed by atoms with Gasteiger partial charge in [-0.2, -0.15) is 0 Å². The maximum atomic E-state index is 11.9. The number of rotatable bonds is 3. The highest BCUT2D eigenvalue weighted by atomic mass is 16.6. The van der Waals surface area contributed by atoms with Gasteiger partial charge in [-0.25, -0.2) is 4.79 Å². The first-order valence-electron chi connectivity index (χ1n) is 6.49. The molecule has 108 valence electrons. The molecule has 2 rings (SSSR count). The minimum Gasteiger partial charge on any atom is -0.480 e. The number of piperidine rings is 1. The zero-order valence-corrected chi connectivity index (χ0v) is 11.1. The Balaban J connectivity index is 1.91. The van der Waals surface area contributed by atoms with Gasteiger partial charge in [-0.05, 0) is 18.4 Å². The van der Waals surface area contributed by atoms with Crippen molar-refractivity contribution in [3.63, 3.8) is 0 Å². The number of carbonyl (C=O) groups is 2. The molecule has 0 saturated carbocycles. The van der Waals surface area contributed by atoms with Crippen LogP contribution < -0.4 is 5.73 Å². The highest BCUT2D eigenvalue weighted by molar-refractivity contribution is 5.80. The summed E-state index contributed by atoms with van der Waals surface area (Å²) in [6.07, 6.45) is 0.401. The molecule has 0 unspecified atom stereocenters. The van der Waals surface area contributed by atoms with Gasteiger partial charge in [0.2, 0.25) is 0 Å². The van der Waals surface area contributed by atoms with E-state index in [1.807, 2.05) is 30.3 Å². The van der Waals surface area contributed by atoms with Crippen molar-refractivity contribution < 1.29 is 19.4 Å². The number of hydrogen-bond acceptors (Lipinski definition) is 4. The average Bonchev–Trinajstić information content (AvgIpc) is 2.46. The van der Waals surface area contributed by atoms with Gasteiger partial charge in [0.15, 0.2) is 0 Å². The van der Waals surface area contributed by atoms with E-state index in [0.717, 1.165) is 5.56 Å². The SMILES string of the molecule is N[C@]1(C(=O)O)CCCN(C(=O)OCc2ccccc2)C1. The normalized spacial score (nSPS) is 22.4. The number of likely N-dealkylation sites (tertiary alicyclic amines) is 1. The lowest BCUT2D eigenvalue weighted by Crippen LogP contribution is -2.60. The number of aliphatic carboxylic acids is 1. The van der Waals surface area contributed by atoms with E-state index in [2.05, 4.69) is 0 Å². The van der Waals surface area contributed by atoms with E-state index in [1.165, 1.54) is 4.90 Å². The molecule has 1 aromatic rings. The Morgan fingerprint density at radius 2 is 2.05 bits per heavy atom. The molecule has 1 amide bonds. The number of carboxylic acids is 1. The predicted octanol–water partition coefficient (Wildman–Crippen LogP) is 1.20. The Morgan fingerprint density at radius 1 is 1.35 bits per heavy atom. The Labute approximate surface area is 117 Å². The van der Waals surface area contributed by atoms with Gasteiger partial charge >= 0.3 is 12.1 Å². The van der Waals surface area contributed by atoms with Crippen LogP contribution in [0.5, 0.6) is 0 Å². The van der Waals surface area contributed by atoms with Crippen LogP contribution in [0.15, 0.2) is 30.3 Å². The maximum Gasteiger partial charge on any atom is 0.410 e. The second kappa shape index (κ2) is 5.92. The number of amides is 1. The van der Waals surface area contributed by atoms with Crippen molar-refractivity contribution in [2.45, 2.75) is 25.0 Å². The minimum absolute atomic E-state index is 0.0179. The lowest BCUT2D eigenvalue weighted by Gasteiger charge is -2.36. The van der Waals surface area contributed by atoms with Gasteiger partial charge in [-0.3, -0.25) is 4.79 Å². The summed E-state index contributed by atoms with van der Waals surface area (Å²) in [6.45, 7) is 0.622. The molecule has 0 spiro atoms. The van der Waals surface area contributed by atoms with Crippen molar-refractivity contribution in [3.8, 4) is 0 Å². The van der Waals surface area contributed by atoms with Crippen molar-refractivity contribution in [1.29, 1.82) is 0 Å². The van der Waals surface area contributed by atoms with Gasteiger partial charge in [0.1, 0.15) is 12.1 Å². The molecule has 1 aliphatic rings. The van der Waals surface area contributed by atoms with Crippen LogP contribution in [0.25, 0.3) is 0 Å². The van der Waals surface area contributed by atoms with E-state index in [-0.39, 0.29) is 13.2 Å². The van der Waals surface area contributed by atoms with E-state index in [9.17, 15) is 9.59 Å². The largest absolute Gasteiger partial charge is 0.480 e. The van der Waals surface area contributed by atoms with Gasteiger partial charge in [0.05, 0.1) is 6.54 Å². The minimum atomic E-state index is -1.37.